The molecule has 0 aromatic heterocycles. The van der Waals surface area contributed by atoms with Crippen molar-refractivity contribution in [2.75, 3.05) is 26.4 Å². The van der Waals surface area contributed by atoms with Crippen molar-refractivity contribution >= 4 is 0 Å². The van der Waals surface area contributed by atoms with Crippen LogP contribution in [0.3, 0.4) is 0 Å². The number of ether oxygens (including phenoxy) is 2. The number of aliphatic hydroxyl groups is 1. The van der Waals surface area contributed by atoms with Crippen LogP contribution in [0.2, 0.25) is 0 Å². The summed E-state index contributed by atoms with van der Waals surface area (Å²) in [4.78, 5) is 0. The number of aliphatic hydroxyl groups excluding tert-OH is 1. The van der Waals surface area contributed by atoms with Gasteiger partial charge in [0.05, 0.1) is 19.3 Å². The summed E-state index contributed by atoms with van der Waals surface area (Å²) >= 11 is 0. The van der Waals surface area contributed by atoms with E-state index < -0.39 is 0 Å². The van der Waals surface area contributed by atoms with Gasteiger partial charge in [0.2, 0.25) is 0 Å². The maximum absolute atomic E-state index is 9.79. The Morgan fingerprint density at radius 2 is 2.27 bits per heavy atom. The van der Waals surface area contributed by atoms with Crippen LogP contribution in [0.25, 0.3) is 0 Å². The zero-order valence-electron chi connectivity index (χ0n) is 9.95. The van der Waals surface area contributed by atoms with E-state index in [0.717, 1.165) is 19.6 Å². The Morgan fingerprint density at radius 1 is 1.47 bits per heavy atom. The van der Waals surface area contributed by atoms with Gasteiger partial charge in [-0.2, -0.15) is 0 Å². The second kappa shape index (κ2) is 7.20. The van der Waals surface area contributed by atoms with E-state index >= 15 is 0 Å². The van der Waals surface area contributed by atoms with E-state index in [1.165, 1.54) is 12.8 Å². The summed E-state index contributed by atoms with van der Waals surface area (Å²) in [5.74, 6) is 0.883. The Bertz CT molecular complexity index is 155. The highest BCUT2D eigenvalue weighted by Crippen LogP contribution is 2.17. The Hall–Kier alpha value is -0.120. The van der Waals surface area contributed by atoms with Crippen LogP contribution in [0.5, 0.6) is 0 Å². The topological polar surface area (TPSA) is 38.7 Å². The minimum absolute atomic E-state index is 0.284. The summed E-state index contributed by atoms with van der Waals surface area (Å²) in [5.41, 5.74) is 0. The average molecular weight is 216 g/mol. The zero-order valence-corrected chi connectivity index (χ0v) is 9.95. The summed E-state index contributed by atoms with van der Waals surface area (Å²) in [6.45, 7) is 7.07. The van der Waals surface area contributed by atoms with E-state index in [9.17, 15) is 5.11 Å². The number of hydrogen-bond acceptors (Lipinski definition) is 3. The lowest BCUT2D eigenvalue weighted by Gasteiger charge is -2.18. The third-order valence-electron chi connectivity index (χ3n) is 2.98. The Kier molecular flexibility index (Phi) is 6.22. The molecule has 0 aliphatic carbocycles. The Balaban J connectivity index is 2.03. The van der Waals surface area contributed by atoms with Crippen LogP contribution in [-0.4, -0.2) is 37.6 Å². The molecule has 0 radical (unpaired) electrons. The fraction of sp³-hybridized carbons (Fsp3) is 1.00. The highest BCUT2D eigenvalue weighted by Gasteiger charge is 2.23. The quantitative estimate of drug-likeness (QED) is 0.705. The molecule has 3 heteroatoms. The second-order valence-corrected chi connectivity index (χ2v) is 4.62. The summed E-state index contributed by atoms with van der Waals surface area (Å²) in [6.07, 6.45) is 3.02. The van der Waals surface area contributed by atoms with Crippen LogP contribution in [0.1, 0.15) is 33.1 Å². The maximum atomic E-state index is 9.79. The third kappa shape index (κ3) is 4.96. The SMILES string of the molecule is CCCC(C)COCC(O)C1CCOC1. The lowest BCUT2D eigenvalue weighted by Crippen LogP contribution is -2.27. The summed E-state index contributed by atoms with van der Waals surface area (Å²) in [7, 11) is 0. The van der Waals surface area contributed by atoms with Crippen molar-refractivity contribution in [3.05, 3.63) is 0 Å². The first-order valence-corrected chi connectivity index (χ1v) is 6.07. The highest BCUT2D eigenvalue weighted by molar-refractivity contribution is 4.72. The van der Waals surface area contributed by atoms with Crippen molar-refractivity contribution in [1.82, 2.24) is 0 Å². The van der Waals surface area contributed by atoms with E-state index in [1.807, 2.05) is 0 Å². The van der Waals surface area contributed by atoms with Gasteiger partial charge in [0, 0.05) is 19.1 Å². The molecule has 1 saturated heterocycles. The molecule has 3 atom stereocenters. The zero-order chi connectivity index (χ0) is 11.1. The van der Waals surface area contributed by atoms with E-state index in [1.54, 1.807) is 0 Å². The Morgan fingerprint density at radius 3 is 2.87 bits per heavy atom. The Labute approximate surface area is 92.8 Å². The number of hydrogen-bond donors (Lipinski definition) is 1. The lowest BCUT2D eigenvalue weighted by molar-refractivity contribution is -0.00770. The highest BCUT2D eigenvalue weighted by atomic mass is 16.5. The van der Waals surface area contributed by atoms with Crippen LogP contribution >= 0.6 is 0 Å². The van der Waals surface area contributed by atoms with Gasteiger partial charge in [-0.05, 0) is 18.8 Å². The molecule has 0 saturated carbocycles. The van der Waals surface area contributed by atoms with Crippen LogP contribution in [-0.2, 0) is 9.47 Å². The largest absolute Gasteiger partial charge is 0.390 e. The molecule has 0 spiro atoms. The molecule has 1 N–H and O–H groups in total. The van der Waals surface area contributed by atoms with Crippen LogP contribution < -0.4 is 0 Å². The molecule has 1 rings (SSSR count). The average Bonchev–Trinajstić information content (AvgIpc) is 2.70. The van der Waals surface area contributed by atoms with Gasteiger partial charge in [0.1, 0.15) is 0 Å². The van der Waals surface area contributed by atoms with E-state index in [-0.39, 0.29) is 12.0 Å². The fourth-order valence-corrected chi connectivity index (χ4v) is 1.96. The van der Waals surface area contributed by atoms with Gasteiger partial charge >= 0.3 is 0 Å². The fourth-order valence-electron chi connectivity index (χ4n) is 1.96. The molecule has 0 aromatic carbocycles. The van der Waals surface area contributed by atoms with Crippen molar-refractivity contribution in [3.63, 3.8) is 0 Å². The van der Waals surface area contributed by atoms with Gasteiger partial charge < -0.3 is 14.6 Å². The van der Waals surface area contributed by atoms with Crippen molar-refractivity contribution in [1.29, 1.82) is 0 Å². The molecule has 3 unspecified atom stereocenters. The summed E-state index contributed by atoms with van der Waals surface area (Å²) in [6, 6.07) is 0. The molecule has 1 fully saturated rings. The second-order valence-electron chi connectivity index (χ2n) is 4.62. The number of rotatable bonds is 7. The molecule has 1 aliphatic heterocycles. The summed E-state index contributed by atoms with van der Waals surface area (Å²) in [5, 5.41) is 9.79. The molecular formula is C12H24O3. The van der Waals surface area contributed by atoms with Gasteiger partial charge in [-0.15, -0.1) is 0 Å². The smallest absolute Gasteiger partial charge is 0.0824 e. The molecule has 0 amide bonds. The molecule has 1 aliphatic rings. The van der Waals surface area contributed by atoms with Gasteiger partial charge in [-0.3, -0.25) is 0 Å². The maximum Gasteiger partial charge on any atom is 0.0824 e. The van der Waals surface area contributed by atoms with Gasteiger partial charge in [0.25, 0.3) is 0 Å². The summed E-state index contributed by atoms with van der Waals surface area (Å²) < 4.78 is 10.7. The van der Waals surface area contributed by atoms with Crippen LogP contribution in [0.4, 0.5) is 0 Å². The predicted molar refractivity (Wildman–Crippen MR) is 59.8 cm³/mol. The third-order valence-corrected chi connectivity index (χ3v) is 2.98. The monoisotopic (exact) mass is 216 g/mol. The standard InChI is InChI=1S/C12H24O3/c1-3-4-10(2)7-15-9-12(13)11-5-6-14-8-11/h10-13H,3-9H2,1-2H3. The van der Waals surface area contributed by atoms with Gasteiger partial charge in [-0.25, -0.2) is 0 Å². The normalized spacial score (nSPS) is 25.4. The first kappa shape index (κ1) is 12.9. The minimum Gasteiger partial charge on any atom is -0.390 e. The predicted octanol–water partition coefficient (Wildman–Crippen LogP) is 1.84. The molecule has 1 heterocycles. The van der Waals surface area contributed by atoms with Crippen molar-refractivity contribution in [2.45, 2.75) is 39.2 Å². The van der Waals surface area contributed by atoms with Crippen molar-refractivity contribution in [2.24, 2.45) is 11.8 Å². The van der Waals surface area contributed by atoms with Gasteiger partial charge in [0.15, 0.2) is 0 Å². The molecule has 0 aromatic rings. The van der Waals surface area contributed by atoms with Crippen molar-refractivity contribution < 1.29 is 14.6 Å². The first-order chi connectivity index (χ1) is 7.24. The molecule has 3 nitrogen and oxygen atoms in total. The lowest BCUT2D eigenvalue weighted by atomic mass is 10.0. The van der Waals surface area contributed by atoms with E-state index in [4.69, 9.17) is 9.47 Å². The van der Waals surface area contributed by atoms with Crippen LogP contribution in [0.15, 0.2) is 0 Å². The van der Waals surface area contributed by atoms with Gasteiger partial charge in [-0.1, -0.05) is 20.3 Å². The molecular weight excluding hydrogens is 192 g/mol. The van der Waals surface area contributed by atoms with E-state index in [0.29, 0.717) is 19.1 Å². The molecule has 90 valence electrons. The van der Waals surface area contributed by atoms with E-state index in [2.05, 4.69) is 13.8 Å². The van der Waals surface area contributed by atoms with Crippen molar-refractivity contribution in [3.8, 4) is 0 Å². The molecule has 15 heavy (non-hydrogen) atoms. The first-order valence-electron chi connectivity index (χ1n) is 6.07. The minimum atomic E-state index is -0.346. The molecule has 0 bridgehead atoms. The van der Waals surface area contributed by atoms with Crippen LogP contribution in [0, 0.1) is 11.8 Å².